The van der Waals surface area contributed by atoms with Gasteiger partial charge >= 0.3 is 5.97 Å². The Hall–Kier alpha value is -3.18. The zero-order chi connectivity index (χ0) is 20.1. The van der Waals surface area contributed by atoms with Gasteiger partial charge in [-0.25, -0.2) is 9.78 Å². The van der Waals surface area contributed by atoms with E-state index in [2.05, 4.69) is 20.9 Å². The Morgan fingerprint density at radius 1 is 0.828 bits per heavy atom. The molecule has 0 N–H and O–H groups in total. The molecule has 0 radical (unpaired) electrons. The zero-order valence-electron chi connectivity index (χ0n) is 15.5. The smallest absolute Gasteiger partial charge is 0.357 e. The molecule has 0 unspecified atom stereocenters. The van der Waals surface area contributed by atoms with Crippen LogP contribution in [0.3, 0.4) is 0 Å². The van der Waals surface area contributed by atoms with Crippen LogP contribution in [0.2, 0.25) is 0 Å². The Morgan fingerprint density at radius 3 is 2.17 bits per heavy atom. The Labute approximate surface area is 177 Å². The first kappa shape index (κ1) is 19.2. The molecule has 3 aromatic carbocycles. The molecular weight excluding hydrogens is 430 g/mol. The van der Waals surface area contributed by atoms with Crippen LogP contribution in [0.1, 0.15) is 21.6 Å². The van der Waals surface area contributed by atoms with Crippen molar-refractivity contribution in [1.82, 2.24) is 4.98 Å². The number of hydrogen-bond donors (Lipinski definition) is 0. The van der Waals surface area contributed by atoms with Gasteiger partial charge in [-0.3, -0.25) is 0 Å². The lowest BCUT2D eigenvalue weighted by molar-refractivity contribution is 0.0465. The van der Waals surface area contributed by atoms with E-state index in [1.54, 1.807) is 6.07 Å². The van der Waals surface area contributed by atoms with Gasteiger partial charge in [0.05, 0.1) is 5.52 Å². The molecule has 0 aliphatic rings. The average Bonchev–Trinajstić information content (AvgIpc) is 2.77. The predicted octanol–water partition coefficient (Wildman–Crippen LogP) is 5.93. The average molecular weight is 448 g/mol. The van der Waals surface area contributed by atoms with Crippen LogP contribution in [0.15, 0.2) is 89.4 Å². The maximum Gasteiger partial charge on any atom is 0.357 e. The van der Waals surface area contributed by atoms with E-state index in [-0.39, 0.29) is 12.3 Å². The summed E-state index contributed by atoms with van der Waals surface area (Å²) in [7, 11) is 0. The first-order chi connectivity index (χ1) is 14.2. The number of fused-ring (bicyclic) bond motifs is 1. The fourth-order valence-electron chi connectivity index (χ4n) is 2.94. The van der Waals surface area contributed by atoms with Gasteiger partial charge in [-0.2, -0.15) is 0 Å². The monoisotopic (exact) mass is 447 g/mol. The maximum atomic E-state index is 12.6. The summed E-state index contributed by atoms with van der Waals surface area (Å²) in [5.41, 5.74) is 2.83. The van der Waals surface area contributed by atoms with Gasteiger partial charge in [-0.1, -0.05) is 66.7 Å². The van der Waals surface area contributed by atoms with Crippen LogP contribution in [-0.4, -0.2) is 11.0 Å². The van der Waals surface area contributed by atoms with Gasteiger partial charge in [0.15, 0.2) is 5.69 Å². The molecular formula is C24H18BrNO3. The fraction of sp³-hybridized carbons (Fsp3) is 0.0833. The summed E-state index contributed by atoms with van der Waals surface area (Å²) in [6, 6.07) is 26.8. The number of aromatic nitrogens is 1. The van der Waals surface area contributed by atoms with Crippen molar-refractivity contribution in [2.45, 2.75) is 13.2 Å². The highest BCUT2D eigenvalue weighted by Gasteiger charge is 2.16. The minimum Gasteiger partial charge on any atom is -0.488 e. The van der Waals surface area contributed by atoms with Gasteiger partial charge < -0.3 is 9.47 Å². The van der Waals surface area contributed by atoms with Gasteiger partial charge in [-0.05, 0) is 39.2 Å². The van der Waals surface area contributed by atoms with E-state index < -0.39 is 5.97 Å². The number of benzene rings is 3. The van der Waals surface area contributed by atoms with Crippen molar-refractivity contribution in [2.75, 3.05) is 0 Å². The Morgan fingerprint density at radius 2 is 1.48 bits per heavy atom. The van der Waals surface area contributed by atoms with Crippen LogP contribution < -0.4 is 4.74 Å². The zero-order valence-corrected chi connectivity index (χ0v) is 17.1. The summed E-state index contributed by atoms with van der Waals surface area (Å²) in [5, 5.41) is 0.829. The molecule has 0 amide bonds. The molecule has 0 atom stereocenters. The second-order valence-corrected chi connectivity index (χ2v) is 7.33. The third-order valence-corrected chi connectivity index (χ3v) is 5.05. The Bertz CT molecular complexity index is 1130. The molecule has 5 heteroatoms. The van der Waals surface area contributed by atoms with Crippen molar-refractivity contribution in [3.05, 3.63) is 106 Å². The van der Waals surface area contributed by atoms with Crippen molar-refractivity contribution in [2.24, 2.45) is 0 Å². The summed E-state index contributed by atoms with van der Waals surface area (Å²) in [4.78, 5) is 17.1. The van der Waals surface area contributed by atoms with E-state index >= 15 is 0 Å². The number of hydrogen-bond acceptors (Lipinski definition) is 4. The quantitative estimate of drug-likeness (QED) is 0.343. The predicted molar refractivity (Wildman–Crippen MR) is 116 cm³/mol. The number of halogens is 1. The molecule has 144 valence electrons. The lowest BCUT2D eigenvalue weighted by atomic mass is 10.1. The van der Waals surface area contributed by atoms with E-state index in [4.69, 9.17) is 9.47 Å². The lowest BCUT2D eigenvalue weighted by Gasteiger charge is -2.12. The molecule has 0 aliphatic heterocycles. The van der Waals surface area contributed by atoms with Crippen LogP contribution >= 0.6 is 15.9 Å². The number of rotatable bonds is 6. The van der Waals surface area contributed by atoms with Gasteiger partial charge in [0.2, 0.25) is 0 Å². The van der Waals surface area contributed by atoms with Gasteiger partial charge in [0, 0.05) is 15.9 Å². The highest BCUT2D eigenvalue weighted by Crippen LogP contribution is 2.31. The summed E-state index contributed by atoms with van der Waals surface area (Å²) in [5.74, 6) is 0.0999. The molecule has 1 heterocycles. The first-order valence-electron chi connectivity index (χ1n) is 9.18. The van der Waals surface area contributed by atoms with Crippen molar-refractivity contribution < 1.29 is 14.3 Å². The van der Waals surface area contributed by atoms with E-state index in [1.807, 2.05) is 78.9 Å². The number of ether oxygens (including phenoxy) is 2. The first-order valence-corrected chi connectivity index (χ1v) is 9.97. The van der Waals surface area contributed by atoms with Crippen molar-refractivity contribution in [3.63, 3.8) is 0 Å². The Kier molecular flexibility index (Phi) is 5.86. The number of nitrogens with zero attached hydrogens (tertiary/aromatic N) is 1. The molecule has 0 fully saturated rings. The minimum absolute atomic E-state index is 0.190. The molecule has 0 saturated carbocycles. The molecule has 4 rings (SSSR count). The van der Waals surface area contributed by atoms with Gasteiger partial charge in [0.1, 0.15) is 19.0 Å². The molecule has 4 aromatic rings. The van der Waals surface area contributed by atoms with Crippen LogP contribution in [0, 0.1) is 0 Å². The maximum absolute atomic E-state index is 12.6. The van der Waals surface area contributed by atoms with E-state index in [9.17, 15) is 4.79 Å². The topological polar surface area (TPSA) is 48.4 Å². The second-order valence-electron chi connectivity index (χ2n) is 6.48. The van der Waals surface area contributed by atoms with Crippen LogP contribution in [0.4, 0.5) is 0 Å². The third-order valence-electron chi connectivity index (χ3n) is 4.41. The molecule has 1 aromatic heterocycles. The second kappa shape index (κ2) is 8.88. The number of carbonyl (C=O) groups excluding carboxylic acids is 1. The van der Waals surface area contributed by atoms with Crippen molar-refractivity contribution in [3.8, 4) is 5.75 Å². The number of pyridine rings is 1. The summed E-state index contributed by atoms with van der Waals surface area (Å²) in [6.45, 7) is 0.584. The molecule has 29 heavy (non-hydrogen) atoms. The molecule has 0 saturated heterocycles. The molecule has 0 spiro atoms. The molecule has 0 aliphatic carbocycles. The van der Waals surface area contributed by atoms with Crippen LogP contribution in [-0.2, 0) is 18.0 Å². The number of esters is 1. The lowest BCUT2D eigenvalue weighted by Crippen LogP contribution is -2.09. The summed E-state index contributed by atoms with van der Waals surface area (Å²) < 4.78 is 12.3. The summed E-state index contributed by atoms with van der Waals surface area (Å²) >= 11 is 3.52. The Balaban J connectivity index is 1.61. The number of para-hydroxylation sites is 1. The van der Waals surface area contributed by atoms with Crippen molar-refractivity contribution in [1.29, 1.82) is 0 Å². The molecule has 0 bridgehead atoms. The third kappa shape index (κ3) is 4.63. The highest BCUT2D eigenvalue weighted by molar-refractivity contribution is 9.10. The largest absolute Gasteiger partial charge is 0.488 e. The standard InChI is InChI=1S/C24H18BrNO3/c25-20-13-7-12-19-22(28-15-17-8-3-1-4-9-17)14-21(26-23(19)20)24(27)29-16-18-10-5-2-6-11-18/h1-14H,15-16H2. The highest BCUT2D eigenvalue weighted by atomic mass is 79.9. The SMILES string of the molecule is O=C(OCc1ccccc1)c1cc(OCc2ccccc2)c2cccc(Br)c2n1. The fourth-order valence-corrected chi connectivity index (χ4v) is 3.39. The van der Waals surface area contributed by atoms with Crippen molar-refractivity contribution >= 4 is 32.8 Å². The summed E-state index contributed by atoms with van der Waals surface area (Å²) in [6.07, 6.45) is 0. The normalized spacial score (nSPS) is 10.7. The van der Waals surface area contributed by atoms with Gasteiger partial charge in [0.25, 0.3) is 0 Å². The van der Waals surface area contributed by atoms with Gasteiger partial charge in [-0.15, -0.1) is 0 Å². The van der Waals surface area contributed by atoms with E-state index in [0.717, 1.165) is 21.0 Å². The van der Waals surface area contributed by atoms with Crippen LogP contribution in [0.5, 0.6) is 5.75 Å². The molecule has 4 nitrogen and oxygen atoms in total. The van der Waals surface area contributed by atoms with E-state index in [1.165, 1.54) is 0 Å². The number of carbonyl (C=O) groups is 1. The van der Waals surface area contributed by atoms with Crippen LogP contribution in [0.25, 0.3) is 10.9 Å². The van der Waals surface area contributed by atoms with E-state index in [0.29, 0.717) is 17.9 Å². The minimum atomic E-state index is -0.490.